The molecule has 0 heterocycles. The van der Waals surface area contributed by atoms with Crippen LogP contribution in [0.2, 0.25) is 0 Å². The molecule has 1 nitrogen and oxygen atoms in total. The quantitative estimate of drug-likeness (QED) is 0.858. The Hall–Kier alpha value is -1.81. The Bertz CT molecular complexity index is 584. The Morgan fingerprint density at radius 1 is 1.00 bits per heavy atom. The summed E-state index contributed by atoms with van der Waals surface area (Å²) < 4.78 is 40.3. The molecular weight excluding hydrogens is 263 g/mol. The lowest BCUT2D eigenvalue weighted by molar-refractivity contribution is 0.477. The molecule has 0 saturated heterocycles. The van der Waals surface area contributed by atoms with Crippen LogP contribution >= 0.6 is 0 Å². The van der Waals surface area contributed by atoms with Crippen LogP contribution in [0.1, 0.15) is 30.5 Å². The zero-order valence-corrected chi connectivity index (χ0v) is 11.2. The Morgan fingerprint density at radius 2 is 1.75 bits per heavy atom. The summed E-state index contributed by atoms with van der Waals surface area (Å²) in [4.78, 5) is 0. The minimum atomic E-state index is -0.484. The van der Waals surface area contributed by atoms with Crippen LogP contribution < -0.4 is 5.32 Å². The number of hydrogen-bond acceptors (Lipinski definition) is 1. The van der Waals surface area contributed by atoms with Gasteiger partial charge in [-0.2, -0.15) is 0 Å². The highest BCUT2D eigenvalue weighted by atomic mass is 19.1. The second kappa shape index (κ2) is 6.57. The van der Waals surface area contributed by atoms with Gasteiger partial charge in [-0.05, 0) is 30.7 Å². The predicted octanol–water partition coefficient (Wildman–Crippen LogP) is 4.34. The lowest BCUT2D eigenvalue weighted by Gasteiger charge is -2.18. The van der Waals surface area contributed by atoms with Gasteiger partial charge in [-0.25, -0.2) is 13.2 Å². The first-order valence-electron chi connectivity index (χ1n) is 6.53. The van der Waals surface area contributed by atoms with Crippen molar-refractivity contribution in [2.24, 2.45) is 0 Å². The maximum Gasteiger partial charge on any atom is 0.127 e. The average Bonchev–Trinajstić information content (AvgIpc) is 2.45. The van der Waals surface area contributed by atoms with E-state index in [9.17, 15) is 13.2 Å². The molecule has 0 spiro atoms. The van der Waals surface area contributed by atoms with Crippen LogP contribution in [-0.2, 0) is 6.54 Å². The fourth-order valence-corrected chi connectivity index (χ4v) is 2.14. The van der Waals surface area contributed by atoms with E-state index >= 15 is 0 Å². The molecule has 0 aliphatic heterocycles. The third-order valence-electron chi connectivity index (χ3n) is 3.24. The van der Waals surface area contributed by atoms with Crippen LogP contribution in [0.3, 0.4) is 0 Å². The molecule has 106 valence electrons. The molecule has 0 fully saturated rings. The van der Waals surface area contributed by atoms with Gasteiger partial charge in [0.05, 0.1) is 0 Å². The predicted molar refractivity (Wildman–Crippen MR) is 72.6 cm³/mol. The van der Waals surface area contributed by atoms with Crippen molar-refractivity contribution in [3.05, 3.63) is 71.0 Å². The molecule has 0 amide bonds. The van der Waals surface area contributed by atoms with E-state index in [1.807, 2.05) is 6.92 Å². The Balaban J connectivity index is 2.12. The van der Waals surface area contributed by atoms with Crippen molar-refractivity contribution in [3.63, 3.8) is 0 Å². The van der Waals surface area contributed by atoms with Gasteiger partial charge in [-0.3, -0.25) is 0 Å². The van der Waals surface area contributed by atoms with Crippen LogP contribution in [0.25, 0.3) is 0 Å². The first kappa shape index (κ1) is 14.6. The average molecular weight is 279 g/mol. The summed E-state index contributed by atoms with van der Waals surface area (Å²) in [7, 11) is 0. The number of rotatable bonds is 5. The smallest absolute Gasteiger partial charge is 0.127 e. The normalized spacial score (nSPS) is 12.4. The largest absolute Gasteiger partial charge is 0.306 e. The maximum atomic E-state index is 13.7. The summed E-state index contributed by atoms with van der Waals surface area (Å²) in [6.45, 7) is 2.06. The van der Waals surface area contributed by atoms with E-state index in [-0.39, 0.29) is 24.0 Å². The van der Waals surface area contributed by atoms with Crippen LogP contribution in [0.5, 0.6) is 0 Å². The van der Waals surface area contributed by atoms with Crippen molar-refractivity contribution in [2.45, 2.75) is 25.9 Å². The highest BCUT2D eigenvalue weighted by molar-refractivity contribution is 5.22. The summed E-state index contributed by atoms with van der Waals surface area (Å²) >= 11 is 0. The van der Waals surface area contributed by atoms with Gasteiger partial charge in [0, 0.05) is 23.7 Å². The summed E-state index contributed by atoms with van der Waals surface area (Å²) in [6, 6.07) is 9.54. The van der Waals surface area contributed by atoms with Crippen molar-refractivity contribution in [3.8, 4) is 0 Å². The molecule has 0 bridgehead atoms. The Morgan fingerprint density at radius 3 is 2.45 bits per heavy atom. The van der Waals surface area contributed by atoms with Gasteiger partial charge in [0.25, 0.3) is 0 Å². The molecule has 2 rings (SSSR count). The van der Waals surface area contributed by atoms with Crippen LogP contribution in [0, 0.1) is 17.5 Å². The number of halogens is 3. The highest BCUT2D eigenvalue weighted by Gasteiger charge is 2.14. The van der Waals surface area contributed by atoms with Gasteiger partial charge in [0.15, 0.2) is 0 Å². The minimum absolute atomic E-state index is 0.149. The van der Waals surface area contributed by atoms with E-state index in [1.165, 1.54) is 6.07 Å². The van der Waals surface area contributed by atoms with Crippen molar-refractivity contribution in [1.29, 1.82) is 0 Å². The van der Waals surface area contributed by atoms with Gasteiger partial charge in [0.1, 0.15) is 17.5 Å². The van der Waals surface area contributed by atoms with Crippen LogP contribution in [0.4, 0.5) is 13.2 Å². The second-order valence-electron chi connectivity index (χ2n) is 4.60. The van der Waals surface area contributed by atoms with E-state index in [0.29, 0.717) is 12.0 Å². The lowest BCUT2D eigenvalue weighted by Crippen LogP contribution is -2.22. The molecule has 0 saturated carbocycles. The van der Waals surface area contributed by atoms with E-state index in [4.69, 9.17) is 0 Å². The molecule has 1 atom stereocenters. The molecule has 0 aliphatic carbocycles. The summed E-state index contributed by atoms with van der Waals surface area (Å²) in [5.41, 5.74) is 0.770. The monoisotopic (exact) mass is 279 g/mol. The lowest BCUT2D eigenvalue weighted by atomic mass is 10.0. The Kier molecular flexibility index (Phi) is 4.79. The van der Waals surface area contributed by atoms with Crippen molar-refractivity contribution in [2.75, 3.05) is 0 Å². The highest BCUT2D eigenvalue weighted by Crippen LogP contribution is 2.20. The van der Waals surface area contributed by atoms with E-state index in [1.54, 1.807) is 18.2 Å². The molecule has 2 aromatic carbocycles. The van der Waals surface area contributed by atoms with Crippen molar-refractivity contribution >= 4 is 0 Å². The van der Waals surface area contributed by atoms with E-state index in [2.05, 4.69) is 5.32 Å². The standard InChI is InChI=1S/C16H16F3N/c1-2-16(13-5-3-4-6-15(13)19)20-10-11-9-12(17)7-8-14(11)18/h3-9,16,20H,2,10H2,1H3. The molecule has 1 unspecified atom stereocenters. The second-order valence-corrected chi connectivity index (χ2v) is 4.60. The molecule has 2 aromatic rings. The first-order valence-corrected chi connectivity index (χ1v) is 6.53. The van der Waals surface area contributed by atoms with Gasteiger partial charge in [0.2, 0.25) is 0 Å². The molecule has 1 N–H and O–H groups in total. The summed E-state index contributed by atoms with van der Waals surface area (Å²) in [5.74, 6) is -1.25. The molecular formula is C16H16F3N. The zero-order chi connectivity index (χ0) is 14.5. The summed E-state index contributed by atoms with van der Waals surface area (Å²) in [5, 5.41) is 3.06. The fourth-order valence-electron chi connectivity index (χ4n) is 2.14. The fraction of sp³-hybridized carbons (Fsp3) is 0.250. The number of hydrogen-bond donors (Lipinski definition) is 1. The topological polar surface area (TPSA) is 12.0 Å². The van der Waals surface area contributed by atoms with E-state index in [0.717, 1.165) is 18.2 Å². The third-order valence-corrected chi connectivity index (χ3v) is 3.24. The van der Waals surface area contributed by atoms with Crippen LogP contribution in [0.15, 0.2) is 42.5 Å². The molecule has 0 aliphatic rings. The third kappa shape index (κ3) is 3.39. The molecule has 0 radical (unpaired) electrons. The zero-order valence-electron chi connectivity index (χ0n) is 11.2. The minimum Gasteiger partial charge on any atom is -0.306 e. The van der Waals surface area contributed by atoms with Crippen molar-refractivity contribution < 1.29 is 13.2 Å². The van der Waals surface area contributed by atoms with Gasteiger partial charge >= 0.3 is 0 Å². The van der Waals surface area contributed by atoms with Crippen molar-refractivity contribution in [1.82, 2.24) is 5.32 Å². The SMILES string of the molecule is CCC(NCc1cc(F)ccc1F)c1ccccc1F. The maximum absolute atomic E-state index is 13.7. The first-order chi connectivity index (χ1) is 9.61. The van der Waals surface area contributed by atoms with E-state index < -0.39 is 11.6 Å². The van der Waals surface area contributed by atoms with Gasteiger partial charge in [-0.15, -0.1) is 0 Å². The molecule has 4 heteroatoms. The number of nitrogens with one attached hydrogen (secondary N) is 1. The summed E-state index contributed by atoms with van der Waals surface area (Å²) in [6.07, 6.45) is 0.651. The van der Waals surface area contributed by atoms with Gasteiger partial charge in [-0.1, -0.05) is 25.1 Å². The molecule has 0 aromatic heterocycles. The number of benzene rings is 2. The van der Waals surface area contributed by atoms with Gasteiger partial charge < -0.3 is 5.32 Å². The van der Waals surface area contributed by atoms with Crippen LogP contribution in [-0.4, -0.2) is 0 Å². The Labute approximate surface area is 116 Å². The molecule has 20 heavy (non-hydrogen) atoms.